The second-order valence-electron chi connectivity index (χ2n) is 10.5. The van der Waals surface area contributed by atoms with Gasteiger partial charge in [0.25, 0.3) is 0 Å². The maximum absolute atomic E-state index is 6.20. The molecule has 1 unspecified atom stereocenters. The first kappa shape index (κ1) is 31.8. The second-order valence-corrected chi connectivity index (χ2v) is 21.2. The van der Waals surface area contributed by atoms with E-state index in [-0.39, 0.29) is 18.6 Å². The SMILES string of the molecule is C[N+](C)=C1NC(N)=NC(c2ccc(OCCCCP(I)(c3ccccc3)(c3ccccc3)c3ccccc3)cc2)N1.[Cl-]. The molecule has 1 aliphatic rings. The normalized spacial score (nSPS) is 15.6. The first-order valence-corrected chi connectivity index (χ1v) is 19.1. The number of nitrogens with two attached hydrogens (primary N) is 1. The molecule has 1 atom stereocenters. The summed E-state index contributed by atoms with van der Waals surface area (Å²) in [4.78, 5) is 4.49. The molecule has 220 valence electrons. The average molecular weight is 714 g/mol. The largest absolute Gasteiger partial charge is 1.00 e. The standard InChI is InChI=1S/C33H37IN5OP.ClH/c1-39(2)33-37-31(36-32(35)38-33)26-20-22-27(23-21-26)40-24-12-13-25-41(34,28-14-6-3-7-15-28,29-16-8-4-9-17-29)30-18-10-5-11-19-30;/h3-11,14-23,31H,12-13,24-25H2,1-2H3,(H3,35,36,37,38);1H. The quantitative estimate of drug-likeness (QED) is 0.102. The Morgan fingerprint density at radius 3 is 1.76 bits per heavy atom. The van der Waals surface area contributed by atoms with Crippen molar-refractivity contribution < 1.29 is 21.7 Å². The fourth-order valence-electron chi connectivity index (χ4n) is 5.39. The Morgan fingerprint density at radius 1 is 0.786 bits per heavy atom. The number of nitrogens with zero attached hydrogens (tertiary/aromatic N) is 2. The van der Waals surface area contributed by atoms with Gasteiger partial charge in [-0.1, -0.05) is 0 Å². The molecule has 1 aliphatic heterocycles. The van der Waals surface area contributed by atoms with E-state index in [9.17, 15) is 0 Å². The molecule has 9 heteroatoms. The zero-order valence-corrected chi connectivity index (χ0v) is 27.8. The van der Waals surface area contributed by atoms with Gasteiger partial charge in [0, 0.05) is 0 Å². The van der Waals surface area contributed by atoms with Crippen molar-refractivity contribution in [2.75, 3.05) is 26.9 Å². The van der Waals surface area contributed by atoms with Gasteiger partial charge in [-0.25, -0.2) is 5.32 Å². The first-order chi connectivity index (χ1) is 19.9. The summed E-state index contributed by atoms with van der Waals surface area (Å²) in [5.41, 5.74) is 7.02. The van der Waals surface area contributed by atoms with Gasteiger partial charge in [0.2, 0.25) is 0 Å². The Labute approximate surface area is 268 Å². The van der Waals surface area contributed by atoms with Crippen LogP contribution >= 0.6 is 26.3 Å². The number of halogens is 2. The van der Waals surface area contributed by atoms with Crippen LogP contribution < -0.4 is 49.4 Å². The smallest absolute Gasteiger partial charge is 1.00 e. The molecule has 0 spiro atoms. The third kappa shape index (κ3) is 6.59. The number of nitrogens with one attached hydrogen (secondary N) is 2. The molecular formula is C33H38ClIN5OP. The minimum Gasteiger partial charge on any atom is -1.00 e. The molecular weight excluding hydrogens is 676 g/mol. The van der Waals surface area contributed by atoms with E-state index in [4.69, 9.17) is 10.5 Å². The minimum absolute atomic E-state index is 0. The molecule has 0 aliphatic carbocycles. The van der Waals surface area contributed by atoms with Gasteiger partial charge in [0.1, 0.15) is 0 Å². The molecule has 0 aromatic heterocycles. The molecule has 4 aromatic rings. The number of guanidine groups is 2. The zero-order valence-electron chi connectivity index (χ0n) is 24.0. The third-order valence-electron chi connectivity index (χ3n) is 7.56. The number of ether oxygens (including phenoxy) is 1. The van der Waals surface area contributed by atoms with Crippen LogP contribution in [0.1, 0.15) is 24.6 Å². The summed E-state index contributed by atoms with van der Waals surface area (Å²) in [6.07, 6.45) is 2.84. The van der Waals surface area contributed by atoms with Crippen LogP contribution in [0.2, 0.25) is 0 Å². The molecule has 6 nitrogen and oxygen atoms in total. The number of benzene rings is 4. The molecule has 4 aromatic carbocycles. The summed E-state index contributed by atoms with van der Waals surface area (Å²) in [6.45, 7) is 0.663. The predicted molar refractivity (Wildman–Crippen MR) is 183 cm³/mol. The van der Waals surface area contributed by atoms with E-state index in [0.29, 0.717) is 12.6 Å². The van der Waals surface area contributed by atoms with Gasteiger partial charge in [-0.2, -0.15) is 0 Å². The summed E-state index contributed by atoms with van der Waals surface area (Å²) >= 11 is 2.86. The molecule has 0 radical (unpaired) electrons. The van der Waals surface area contributed by atoms with E-state index >= 15 is 0 Å². The zero-order chi connectivity index (χ0) is 28.7. The summed E-state index contributed by atoms with van der Waals surface area (Å²) in [7, 11) is 3.90. The van der Waals surface area contributed by atoms with Crippen LogP contribution in [0.25, 0.3) is 0 Å². The van der Waals surface area contributed by atoms with E-state index in [1.165, 1.54) is 15.9 Å². The van der Waals surface area contributed by atoms with E-state index < -0.39 is 4.25 Å². The van der Waals surface area contributed by atoms with Gasteiger partial charge in [0.15, 0.2) is 0 Å². The molecule has 0 bridgehead atoms. The third-order valence-corrected chi connectivity index (χ3v) is 19.3. The van der Waals surface area contributed by atoms with Gasteiger partial charge in [-0.05, 0) is 0 Å². The van der Waals surface area contributed by atoms with Crippen molar-refractivity contribution in [2.24, 2.45) is 10.7 Å². The average Bonchev–Trinajstić information content (AvgIpc) is 3.02. The van der Waals surface area contributed by atoms with Crippen LogP contribution in [-0.4, -0.2) is 43.4 Å². The van der Waals surface area contributed by atoms with Crippen LogP contribution in [0.5, 0.6) is 5.75 Å². The second kappa shape index (κ2) is 13.9. The number of aliphatic imine (C=N–C) groups is 1. The molecule has 1 heterocycles. The van der Waals surface area contributed by atoms with Crippen molar-refractivity contribution in [3.63, 3.8) is 0 Å². The van der Waals surface area contributed by atoms with Crippen molar-refractivity contribution in [1.29, 1.82) is 0 Å². The van der Waals surface area contributed by atoms with Crippen molar-refractivity contribution in [1.82, 2.24) is 10.6 Å². The number of unbranched alkanes of at least 4 members (excludes halogenated alkanes) is 1. The van der Waals surface area contributed by atoms with E-state index in [1.54, 1.807) is 0 Å². The predicted octanol–water partition coefficient (Wildman–Crippen LogP) is 1.86. The fourth-order valence-corrected chi connectivity index (χ4v) is 14.2. The number of rotatable bonds is 10. The topological polar surface area (TPSA) is 74.7 Å². The van der Waals surface area contributed by atoms with Crippen LogP contribution in [0.3, 0.4) is 0 Å². The Morgan fingerprint density at radius 2 is 1.29 bits per heavy atom. The van der Waals surface area contributed by atoms with Crippen molar-refractivity contribution in [2.45, 2.75) is 19.0 Å². The molecule has 0 saturated carbocycles. The number of hydrogen-bond donors (Lipinski definition) is 3. The fraction of sp³-hybridized carbons (Fsp3) is 0.212. The summed E-state index contributed by atoms with van der Waals surface area (Å²) < 4.78 is 5.40. The van der Waals surface area contributed by atoms with Crippen molar-refractivity contribution >= 4 is 54.1 Å². The minimum atomic E-state index is -2.74. The van der Waals surface area contributed by atoms with Crippen LogP contribution in [0.4, 0.5) is 0 Å². The summed E-state index contributed by atoms with van der Waals surface area (Å²) in [5.74, 6) is 2.07. The van der Waals surface area contributed by atoms with Gasteiger partial charge in [-0.3, -0.25) is 4.58 Å². The maximum atomic E-state index is 6.20. The first-order valence-electron chi connectivity index (χ1n) is 13.9. The maximum Gasteiger partial charge on any atom is -1.00 e. The Hall–Kier alpha value is -3.13. The molecule has 0 saturated heterocycles. The molecule has 42 heavy (non-hydrogen) atoms. The molecule has 4 N–H and O–H groups in total. The molecule has 0 amide bonds. The number of hydrogen-bond acceptors (Lipinski definition) is 3. The Balaban J connectivity index is 0.00000405. The van der Waals surface area contributed by atoms with Crippen LogP contribution in [-0.2, 0) is 0 Å². The van der Waals surface area contributed by atoms with Crippen molar-refractivity contribution in [3.05, 3.63) is 121 Å². The van der Waals surface area contributed by atoms with Crippen LogP contribution in [0.15, 0.2) is 120 Å². The van der Waals surface area contributed by atoms with E-state index in [0.717, 1.165) is 36.3 Å². The summed E-state index contributed by atoms with van der Waals surface area (Å²) in [5, 5.41) is 10.7. The van der Waals surface area contributed by atoms with Gasteiger partial charge < -0.3 is 18.1 Å². The Bertz CT molecular complexity index is 1420. The van der Waals surface area contributed by atoms with Gasteiger partial charge in [0.05, 0.1) is 14.1 Å². The summed E-state index contributed by atoms with van der Waals surface area (Å²) in [6, 6.07) is 41.4. The van der Waals surface area contributed by atoms with E-state index in [2.05, 4.69) is 129 Å². The van der Waals surface area contributed by atoms with Gasteiger partial charge in [-0.15, -0.1) is 0 Å². The Kier molecular flexibility index (Phi) is 10.5. The van der Waals surface area contributed by atoms with E-state index in [1.807, 2.05) is 42.9 Å². The van der Waals surface area contributed by atoms with Crippen LogP contribution in [0, 0.1) is 0 Å². The van der Waals surface area contributed by atoms with Crippen molar-refractivity contribution in [3.8, 4) is 5.75 Å². The van der Waals surface area contributed by atoms with Gasteiger partial charge >= 0.3 is 228 Å². The molecule has 5 rings (SSSR count). The molecule has 0 fully saturated rings. The monoisotopic (exact) mass is 713 g/mol.